The highest BCUT2D eigenvalue weighted by Gasteiger charge is 2.36. The van der Waals surface area contributed by atoms with Gasteiger partial charge < -0.3 is 4.18 Å². The molecular weight excluding hydrogens is 261 g/mol. The van der Waals surface area contributed by atoms with Gasteiger partial charge in [0.2, 0.25) is 5.01 Å². The number of nitrogens with zero attached hydrogens (tertiary/aromatic N) is 2. The van der Waals surface area contributed by atoms with Gasteiger partial charge in [-0.3, -0.25) is 0 Å². The van der Waals surface area contributed by atoms with Gasteiger partial charge in [0.1, 0.15) is 0 Å². The first-order valence-corrected chi connectivity index (χ1v) is 5.30. The van der Waals surface area contributed by atoms with Crippen molar-refractivity contribution in [2.75, 3.05) is 7.11 Å². The monoisotopic (exact) mass is 264 g/mol. The van der Waals surface area contributed by atoms with Crippen LogP contribution in [0, 0.1) is 0 Å². The molecule has 1 aromatic rings. The summed E-state index contributed by atoms with van der Waals surface area (Å²) in [4.78, 5) is 0. The minimum absolute atomic E-state index is 0.0466. The molecule has 1 aromatic heterocycles. The van der Waals surface area contributed by atoms with Crippen LogP contribution in [0.25, 0.3) is 0 Å². The molecule has 0 aromatic carbocycles. The van der Waals surface area contributed by atoms with Crippen molar-refractivity contribution >= 4 is 21.7 Å². The number of hydrogen-bond donors (Lipinski definition) is 0. The fourth-order valence-electron chi connectivity index (χ4n) is 0.479. The maximum absolute atomic E-state index is 12.0. The number of aromatic nitrogens is 2. The second-order valence-electron chi connectivity index (χ2n) is 2.03. The van der Waals surface area contributed by atoms with Crippen molar-refractivity contribution in [3.05, 3.63) is 5.01 Å². The van der Waals surface area contributed by atoms with E-state index in [1.165, 1.54) is 0 Å². The third-order valence-electron chi connectivity index (χ3n) is 1.03. The van der Waals surface area contributed by atoms with Crippen molar-refractivity contribution in [1.29, 1.82) is 0 Å². The third kappa shape index (κ3) is 3.28. The average molecular weight is 264 g/mol. The number of halogens is 3. The van der Waals surface area contributed by atoms with E-state index in [0.717, 1.165) is 7.11 Å². The second-order valence-corrected chi connectivity index (χ2v) is 4.29. The smallest absolute Gasteiger partial charge is 0.329 e. The van der Waals surface area contributed by atoms with E-state index in [4.69, 9.17) is 0 Å². The summed E-state index contributed by atoms with van der Waals surface area (Å²) in [5.41, 5.74) is 0. The van der Waals surface area contributed by atoms with Gasteiger partial charge in [-0.15, -0.1) is 5.10 Å². The molecule has 0 radical (unpaired) electrons. The maximum atomic E-state index is 12.0. The van der Waals surface area contributed by atoms with E-state index >= 15 is 0 Å². The van der Waals surface area contributed by atoms with Gasteiger partial charge in [0.25, 0.3) is 0 Å². The lowest BCUT2D eigenvalue weighted by atomic mass is 10.7. The van der Waals surface area contributed by atoms with Gasteiger partial charge in [-0.1, -0.05) is 5.10 Å². The Morgan fingerprint density at radius 3 is 2.33 bits per heavy atom. The number of hydrogen-bond acceptors (Lipinski definition) is 7. The van der Waals surface area contributed by atoms with Crippen molar-refractivity contribution in [3.8, 4) is 5.19 Å². The maximum Gasteiger partial charge on any atom is 0.450 e. The van der Waals surface area contributed by atoms with Crippen LogP contribution in [0.15, 0.2) is 0 Å². The highest BCUT2D eigenvalue weighted by atomic mass is 32.3. The predicted octanol–water partition coefficient (Wildman–Crippen LogP) is 0.827. The molecule has 0 unspecified atom stereocenters. The van der Waals surface area contributed by atoms with Gasteiger partial charge in [-0.2, -0.15) is 21.6 Å². The molecule has 0 aliphatic rings. The van der Waals surface area contributed by atoms with Gasteiger partial charge in [-0.05, 0) is 11.3 Å². The number of alkyl halides is 3. The van der Waals surface area contributed by atoms with Crippen LogP contribution in [-0.2, 0) is 20.8 Å². The molecule has 15 heavy (non-hydrogen) atoms. The van der Waals surface area contributed by atoms with Crippen LogP contribution in [-0.4, -0.2) is 25.7 Å². The second kappa shape index (κ2) is 3.90. The average Bonchev–Trinajstić information content (AvgIpc) is 2.51. The normalized spacial score (nSPS) is 12.8. The summed E-state index contributed by atoms with van der Waals surface area (Å²) in [7, 11) is -3.57. The van der Waals surface area contributed by atoms with Gasteiger partial charge in [0.15, 0.2) is 0 Å². The molecular formula is C4H3F3N2O4S2. The molecule has 1 heterocycles. The van der Waals surface area contributed by atoms with Crippen molar-refractivity contribution in [2.24, 2.45) is 0 Å². The van der Waals surface area contributed by atoms with E-state index in [0.29, 0.717) is 0 Å². The summed E-state index contributed by atoms with van der Waals surface area (Å²) in [6.45, 7) is 0. The first kappa shape index (κ1) is 12.1. The molecule has 0 aliphatic carbocycles. The largest absolute Gasteiger partial charge is 0.450 e. The Morgan fingerprint density at radius 2 is 1.93 bits per heavy atom. The molecule has 0 atom stereocenters. The zero-order valence-corrected chi connectivity index (χ0v) is 8.61. The molecule has 0 fully saturated rings. The zero-order chi connectivity index (χ0) is 11.7. The van der Waals surface area contributed by atoms with Crippen LogP contribution in [0.5, 0.6) is 5.19 Å². The summed E-state index contributed by atoms with van der Waals surface area (Å²) in [5, 5.41) is 3.53. The third-order valence-corrected chi connectivity index (χ3v) is 2.75. The van der Waals surface area contributed by atoms with E-state index in [1.807, 2.05) is 0 Å². The number of rotatable bonds is 3. The Bertz CT molecular complexity index is 439. The standard InChI is InChI=1S/C4H3F3N2O4S2/c1-12-15(10,11)13-3-9-8-2(14-3)4(5,6)7/h1H3. The lowest BCUT2D eigenvalue weighted by Crippen LogP contribution is -2.10. The van der Waals surface area contributed by atoms with Crippen molar-refractivity contribution in [1.82, 2.24) is 10.2 Å². The molecule has 0 spiro atoms. The minimum atomic E-state index is -4.68. The fourth-order valence-corrected chi connectivity index (χ4v) is 1.59. The first-order valence-electron chi connectivity index (χ1n) is 3.15. The highest BCUT2D eigenvalue weighted by molar-refractivity contribution is 7.82. The van der Waals surface area contributed by atoms with Crippen molar-refractivity contribution in [2.45, 2.75) is 6.18 Å². The molecule has 0 aliphatic heterocycles. The topological polar surface area (TPSA) is 78.4 Å². The molecule has 86 valence electrons. The Morgan fingerprint density at radius 1 is 1.33 bits per heavy atom. The fraction of sp³-hybridized carbons (Fsp3) is 0.500. The molecule has 11 heteroatoms. The summed E-state index contributed by atoms with van der Waals surface area (Å²) in [5.74, 6) is 0. The Labute approximate surface area is 86.0 Å². The van der Waals surface area contributed by atoms with Gasteiger partial charge in [0, 0.05) is 0 Å². The SMILES string of the molecule is COS(=O)(=O)Oc1nnc(C(F)(F)F)s1. The highest BCUT2D eigenvalue weighted by Crippen LogP contribution is 2.34. The molecule has 0 N–H and O–H groups in total. The lowest BCUT2D eigenvalue weighted by molar-refractivity contribution is -0.138. The first-order chi connectivity index (χ1) is 6.74. The Hall–Kier alpha value is -0.940. The summed E-state index contributed by atoms with van der Waals surface area (Å²) >= 11 is -0.0466. The van der Waals surface area contributed by atoms with Gasteiger partial charge in [0.05, 0.1) is 7.11 Å². The van der Waals surface area contributed by atoms with Crippen LogP contribution in [0.3, 0.4) is 0 Å². The van der Waals surface area contributed by atoms with Crippen LogP contribution in [0.2, 0.25) is 0 Å². The molecule has 0 saturated carbocycles. The van der Waals surface area contributed by atoms with Crippen molar-refractivity contribution in [3.63, 3.8) is 0 Å². The molecule has 0 bridgehead atoms. The molecule has 0 saturated heterocycles. The van der Waals surface area contributed by atoms with Crippen LogP contribution in [0.1, 0.15) is 5.01 Å². The molecule has 1 rings (SSSR count). The van der Waals surface area contributed by atoms with Crippen molar-refractivity contribution < 1.29 is 30.0 Å². The molecule has 6 nitrogen and oxygen atoms in total. The predicted molar refractivity (Wildman–Crippen MR) is 41.5 cm³/mol. The quantitative estimate of drug-likeness (QED) is 0.804. The van der Waals surface area contributed by atoms with E-state index in [2.05, 4.69) is 18.6 Å². The minimum Gasteiger partial charge on any atom is -0.329 e. The van der Waals surface area contributed by atoms with Gasteiger partial charge >= 0.3 is 21.8 Å². The van der Waals surface area contributed by atoms with Crippen LogP contribution >= 0.6 is 11.3 Å². The Balaban J connectivity index is 2.87. The zero-order valence-electron chi connectivity index (χ0n) is 6.98. The van der Waals surface area contributed by atoms with E-state index in [9.17, 15) is 21.6 Å². The van der Waals surface area contributed by atoms with Gasteiger partial charge in [-0.25, -0.2) is 4.18 Å². The summed E-state index contributed by atoms with van der Waals surface area (Å²) < 4.78 is 65.1. The van der Waals surface area contributed by atoms with Crippen LogP contribution in [0.4, 0.5) is 13.2 Å². The van der Waals surface area contributed by atoms with Crippen LogP contribution < -0.4 is 4.18 Å². The van der Waals surface area contributed by atoms with E-state index in [1.54, 1.807) is 0 Å². The van der Waals surface area contributed by atoms with E-state index in [-0.39, 0.29) is 11.3 Å². The Kier molecular flexibility index (Phi) is 3.16. The molecule has 0 amide bonds. The lowest BCUT2D eigenvalue weighted by Gasteiger charge is -1.98. The summed E-state index contributed by atoms with van der Waals surface area (Å²) in [6, 6.07) is 0. The van der Waals surface area contributed by atoms with E-state index < -0.39 is 26.8 Å². The summed E-state index contributed by atoms with van der Waals surface area (Å²) in [6.07, 6.45) is -4.68.